The molecule has 2 aliphatic rings. The molecule has 2 amide bonds. The lowest BCUT2D eigenvalue weighted by Gasteiger charge is -2.34. The average Bonchev–Trinajstić information content (AvgIpc) is 3.06. The Labute approximate surface area is 250 Å². The number of aryl methyl sites for hydroxylation is 1. The number of rotatable bonds is 8. The van der Waals surface area contributed by atoms with Crippen molar-refractivity contribution in [2.45, 2.75) is 30.4 Å². The molecule has 4 aromatic rings. The molecule has 1 atom stereocenters. The summed E-state index contributed by atoms with van der Waals surface area (Å²) in [5.74, 6) is 0.0873. The van der Waals surface area contributed by atoms with Crippen LogP contribution in [-0.2, 0) is 32.6 Å². The zero-order chi connectivity index (χ0) is 29.8. The normalized spacial score (nSPS) is 16.0. The van der Waals surface area contributed by atoms with E-state index in [1.165, 1.54) is 21.3 Å². The third-order valence-corrected chi connectivity index (χ3v) is 9.35. The SMILES string of the molecule is O=C(NCc1ccccc1)[C@@H]1CN(C(=O)COc2ccc(S(=O)(=O)N3CCCc4ccccc43)cc2)c2ccccc2O1. The number of carbonyl (C=O) groups excluding carboxylic acids is 2. The van der Waals surface area contributed by atoms with E-state index in [9.17, 15) is 18.0 Å². The van der Waals surface area contributed by atoms with Gasteiger partial charge in [0.15, 0.2) is 12.7 Å². The molecule has 0 radical (unpaired) electrons. The standard InChI is InChI=1S/C33H31N3O6S/c37-32(35-22-31(42-30-15-7-6-14-29(30)35)33(38)34-21-24-9-2-1-3-10-24)23-41-26-16-18-27(19-17-26)43(39,40)36-20-8-12-25-11-4-5-13-28(25)36/h1-7,9-11,13-19,31H,8,12,20-23H2,(H,34,38)/t31-/m0/s1. The number of fused-ring (bicyclic) bond motifs is 2. The second-order valence-electron chi connectivity index (χ2n) is 10.4. The van der Waals surface area contributed by atoms with E-state index >= 15 is 0 Å². The van der Waals surface area contributed by atoms with Crippen molar-refractivity contribution < 1.29 is 27.5 Å². The van der Waals surface area contributed by atoms with Crippen LogP contribution in [0.15, 0.2) is 108 Å². The van der Waals surface area contributed by atoms with Crippen molar-refractivity contribution in [3.63, 3.8) is 0 Å². The number of carbonyl (C=O) groups is 2. The Hall–Kier alpha value is -4.83. The summed E-state index contributed by atoms with van der Waals surface area (Å²) in [4.78, 5) is 27.9. The second kappa shape index (κ2) is 12.2. The first-order valence-electron chi connectivity index (χ1n) is 14.1. The molecule has 0 fully saturated rings. The molecule has 1 N–H and O–H groups in total. The van der Waals surface area contributed by atoms with Crippen molar-refractivity contribution >= 4 is 33.2 Å². The molecule has 220 valence electrons. The van der Waals surface area contributed by atoms with Gasteiger partial charge in [0.2, 0.25) is 0 Å². The number of para-hydroxylation sites is 3. The lowest BCUT2D eigenvalue weighted by molar-refractivity contribution is -0.128. The van der Waals surface area contributed by atoms with Crippen LogP contribution in [0.25, 0.3) is 0 Å². The number of benzene rings is 4. The van der Waals surface area contributed by atoms with Crippen LogP contribution < -0.4 is 24.0 Å². The lowest BCUT2D eigenvalue weighted by atomic mass is 10.0. The highest BCUT2D eigenvalue weighted by atomic mass is 32.2. The minimum Gasteiger partial charge on any atom is -0.484 e. The number of hydrogen-bond donors (Lipinski definition) is 1. The molecule has 0 saturated heterocycles. The number of amides is 2. The smallest absolute Gasteiger partial charge is 0.265 e. The largest absolute Gasteiger partial charge is 0.484 e. The first-order valence-corrected chi connectivity index (χ1v) is 15.6. The Balaban J connectivity index is 1.11. The van der Waals surface area contributed by atoms with E-state index in [1.807, 2.05) is 54.6 Å². The monoisotopic (exact) mass is 597 g/mol. The molecular weight excluding hydrogens is 566 g/mol. The van der Waals surface area contributed by atoms with Gasteiger partial charge in [-0.3, -0.25) is 13.9 Å². The van der Waals surface area contributed by atoms with E-state index in [0.29, 0.717) is 36.0 Å². The van der Waals surface area contributed by atoms with Crippen LogP contribution in [0, 0.1) is 0 Å². The van der Waals surface area contributed by atoms with Crippen LogP contribution in [0.3, 0.4) is 0 Å². The molecule has 2 aliphatic heterocycles. The minimum atomic E-state index is -3.76. The van der Waals surface area contributed by atoms with Gasteiger partial charge in [0.1, 0.15) is 11.5 Å². The third kappa shape index (κ3) is 6.05. The molecule has 0 unspecified atom stereocenters. The fourth-order valence-electron chi connectivity index (χ4n) is 5.31. The Morgan fingerprint density at radius 2 is 1.56 bits per heavy atom. The second-order valence-corrected chi connectivity index (χ2v) is 12.2. The first-order chi connectivity index (χ1) is 20.9. The molecule has 2 heterocycles. The van der Waals surface area contributed by atoms with E-state index in [0.717, 1.165) is 24.0 Å². The molecule has 0 spiro atoms. The molecular formula is C33H31N3O6S. The van der Waals surface area contributed by atoms with Crippen molar-refractivity contribution in [3.05, 3.63) is 114 Å². The van der Waals surface area contributed by atoms with Gasteiger partial charge < -0.3 is 19.7 Å². The van der Waals surface area contributed by atoms with Gasteiger partial charge in [-0.15, -0.1) is 0 Å². The van der Waals surface area contributed by atoms with E-state index < -0.39 is 16.1 Å². The Bertz CT molecular complexity index is 1730. The van der Waals surface area contributed by atoms with Crippen LogP contribution in [0.4, 0.5) is 11.4 Å². The third-order valence-electron chi connectivity index (χ3n) is 7.52. The number of sulfonamides is 1. The highest BCUT2D eigenvalue weighted by molar-refractivity contribution is 7.92. The summed E-state index contributed by atoms with van der Waals surface area (Å²) in [6.45, 7) is 0.471. The number of nitrogens with one attached hydrogen (secondary N) is 1. The first kappa shape index (κ1) is 28.3. The maximum Gasteiger partial charge on any atom is 0.265 e. The summed E-state index contributed by atoms with van der Waals surface area (Å²) in [6.07, 6.45) is 0.696. The van der Waals surface area contributed by atoms with E-state index in [4.69, 9.17) is 9.47 Å². The van der Waals surface area contributed by atoms with E-state index in [1.54, 1.807) is 36.4 Å². The Kier molecular flexibility index (Phi) is 8.02. The predicted octanol–water partition coefficient (Wildman–Crippen LogP) is 4.32. The maximum atomic E-state index is 13.4. The van der Waals surface area contributed by atoms with Crippen molar-refractivity contribution in [1.82, 2.24) is 5.32 Å². The number of hydrogen-bond acceptors (Lipinski definition) is 6. The molecule has 0 saturated carbocycles. The number of anilines is 2. The van der Waals surface area contributed by atoms with Crippen LogP contribution >= 0.6 is 0 Å². The van der Waals surface area contributed by atoms with Gasteiger partial charge in [-0.2, -0.15) is 0 Å². The van der Waals surface area contributed by atoms with Gasteiger partial charge in [-0.05, 0) is 66.4 Å². The van der Waals surface area contributed by atoms with Crippen LogP contribution in [-0.4, -0.2) is 46.0 Å². The Morgan fingerprint density at radius 1 is 0.860 bits per heavy atom. The molecule has 0 aromatic heterocycles. The topological polar surface area (TPSA) is 105 Å². The highest BCUT2D eigenvalue weighted by Crippen LogP contribution is 2.34. The fraction of sp³-hybridized carbons (Fsp3) is 0.212. The van der Waals surface area contributed by atoms with E-state index in [2.05, 4.69) is 5.32 Å². The van der Waals surface area contributed by atoms with Gasteiger partial charge in [0, 0.05) is 13.1 Å². The van der Waals surface area contributed by atoms with Crippen molar-refractivity contribution in [2.75, 3.05) is 28.9 Å². The summed E-state index contributed by atoms with van der Waals surface area (Å²) < 4.78 is 40.0. The van der Waals surface area contributed by atoms with Crippen LogP contribution in [0.2, 0.25) is 0 Å². The fourth-order valence-corrected chi connectivity index (χ4v) is 6.85. The van der Waals surface area contributed by atoms with Crippen LogP contribution in [0.5, 0.6) is 11.5 Å². The molecule has 43 heavy (non-hydrogen) atoms. The minimum absolute atomic E-state index is 0.0221. The summed E-state index contributed by atoms with van der Waals surface area (Å²) in [5.41, 5.74) is 3.22. The summed E-state index contributed by atoms with van der Waals surface area (Å²) >= 11 is 0. The summed E-state index contributed by atoms with van der Waals surface area (Å²) in [5, 5.41) is 2.88. The van der Waals surface area contributed by atoms with E-state index in [-0.39, 0.29) is 29.9 Å². The quantitative estimate of drug-likeness (QED) is 0.325. The molecule has 6 rings (SSSR count). The summed E-state index contributed by atoms with van der Waals surface area (Å²) in [6, 6.07) is 30.2. The molecule has 9 nitrogen and oxygen atoms in total. The molecule has 4 aromatic carbocycles. The summed E-state index contributed by atoms with van der Waals surface area (Å²) in [7, 11) is -3.76. The van der Waals surface area contributed by atoms with Gasteiger partial charge in [0.25, 0.3) is 21.8 Å². The molecule has 0 aliphatic carbocycles. The van der Waals surface area contributed by atoms with Crippen LogP contribution in [0.1, 0.15) is 17.5 Å². The van der Waals surface area contributed by atoms with Crippen molar-refractivity contribution in [1.29, 1.82) is 0 Å². The van der Waals surface area contributed by atoms with Gasteiger partial charge >= 0.3 is 0 Å². The molecule has 10 heteroatoms. The predicted molar refractivity (Wildman–Crippen MR) is 163 cm³/mol. The Morgan fingerprint density at radius 3 is 2.35 bits per heavy atom. The number of ether oxygens (including phenoxy) is 2. The average molecular weight is 598 g/mol. The van der Waals surface area contributed by atoms with Crippen molar-refractivity contribution in [2.24, 2.45) is 0 Å². The van der Waals surface area contributed by atoms with Gasteiger partial charge in [-0.25, -0.2) is 8.42 Å². The highest BCUT2D eigenvalue weighted by Gasteiger charge is 2.34. The molecule has 0 bridgehead atoms. The van der Waals surface area contributed by atoms with Gasteiger partial charge in [0.05, 0.1) is 22.8 Å². The van der Waals surface area contributed by atoms with Crippen molar-refractivity contribution in [3.8, 4) is 11.5 Å². The zero-order valence-electron chi connectivity index (χ0n) is 23.4. The lowest BCUT2D eigenvalue weighted by Crippen LogP contribution is -2.51. The van der Waals surface area contributed by atoms with Gasteiger partial charge in [-0.1, -0.05) is 60.7 Å². The zero-order valence-corrected chi connectivity index (χ0v) is 24.2. The number of nitrogens with zero attached hydrogens (tertiary/aromatic N) is 2. The maximum absolute atomic E-state index is 13.4.